The van der Waals surface area contributed by atoms with E-state index in [0.717, 1.165) is 17.0 Å². The Bertz CT molecular complexity index is 696. The minimum absolute atomic E-state index is 0.261. The smallest absolute Gasteiger partial charge is 0.325 e. The van der Waals surface area contributed by atoms with Crippen LogP contribution in [0.15, 0.2) is 18.5 Å². The molecule has 0 spiro atoms. The zero-order valence-electron chi connectivity index (χ0n) is 12.2. The van der Waals surface area contributed by atoms with Crippen LogP contribution in [0.3, 0.4) is 0 Å². The molecule has 21 heavy (non-hydrogen) atoms. The average Bonchev–Trinajstić information content (AvgIpc) is 3.02. The second kappa shape index (κ2) is 4.70. The zero-order valence-corrected chi connectivity index (χ0v) is 12.2. The van der Waals surface area contributed by atoms with E-state index in [9.17, 15) is 9.90 Å². The van der Waals surface area contributed by atoms with Gasteiger partial charge in [-0.25, -0.2) is 9.50 Å². The Hall–Kier alpha value is -2.15. The lowest BCUT2D eigenvalue weighted by atomic mass is 10.0. The highest BCUT2D eigenvalue weighted by Gasteiger charge is 2.42. The number of hydrogen-bond acceptors (Lipinski definition) is 5. The molecule has 7 nitrogen and oxygen atoms in total. The predicted molar refractivity (Wildman–Crippen MR) is 78.5 cm³/mol. The second-order valence-corrected chi connectivity index (χ2v) is 5.94. The summed E-state index contributed by atoms with van der Waals surface area (Å²) in [5, 5.41) is 13.8. The maximum atomic E-state index is 11.3. The van der Waals surface area contributed by atoms with Gasteiger partial charge >= 0.3 is 5.97 Å². The molecule has 0 amide bonds. The maximum Gasteiger partial charge on any atom is 0.325 e. The first-order valence-electron chi connectivity index (χ1n) is 7.02. The van der Waals surface area contributed by atoms with E-state index in [4.69, 9.17) is 5.73 Å². The fraction of sp³-hybridized carbons (Fsp3) is 0.500. The Morgan fingerprint density at radius 3 is 2.90 bits per heavy atom. The number of carboxylic acid groups (broad SMARTS) is 1. The summed E-state index contributed by atoms with van der Waals surface area (Å²) in [5.74, 6) is 0.0998. The van der Waals surface area contributed by atoms with Gasteiger partial charge in [0.25, 0.3) is 0 Å². The SMILES string of the molecule is CC(C)c1cc2c(N3CCC(N)(C(=O)O)C3)nccn2n1. The number of aliphatic carboxylic acids is 1. The fourth-order valence-electron chi connectivity index (χ4n) is 2.64. The first-order chi connectivity index (χ1) is 9.90. The Morgan fingerprint density at radius 1 is 1.52 bits per heavy atom. The number of nitrogens with two attached hydrogens (primary N) is 1. The highest BCUT2D eigenvalue weighted by Crippen LogP contribution is 2.28. The van der Waals surface area contributed by atoms with Crippen LogP contribution >= 0.6 is 0 Å². The normalized spacial score (nSPS) is 22.4. The fourth-order valence-corrected chi connectivity index (χ4v) is 2.64. The number of carboxylic acids is 1. The minimum atomic E-state index is -1.20. The van der Waals surface area contributed by atoms with Gasteiger partial charge in [0.15, 0.2) is 5.82 Å². The van der Waals surface area contributed by atoms with Crippen molar-refractivity contribution in [3.05, 3.63) is 24.2 Å². The van der Waals surface area contributed by atoms with E-state index in [2.05, 4.69) is 23.9 Å². The van der Waals surface area contributed by atoms with Crippen LogP contribution in [0.2, 0.25) is 0 Å². The molecule has 112 valence electrons. The molecule has 2 aromatic rings. The third-order valence-corrected chi connectivity index (χ3v) is 4.01. The van der Waals surface area contributed by atoms with Crippen molar-refractivity contribution < 1.29 is 9.90 Å². The monoisotopic (exact) mass is 289 g/mol. The van der Waals surface area contributed by atoms with Crippen molar-refractivity contribution >= 4 is 17.3 Å². The van der Waals surface area contributed by atoms with E-state index < -0.39 is 11.5 Å². The number of nitrogens with zero attached hydrogens (tertiary/aromatic N) is 4. The van der Waals surface area contributed by atoms with Crippen molar-refractivity contribution in [3.8, 4) is 0 Å². The van der Waals surface area contributed by atoms with Crippen molar-refractivity contribution in [2.24, 2.45) is 5.73 Å². The predicted octanol–water partition coefficient (Wildman–Crippen LogP) is 0.845. The number of aromatic nitrogens is 3. The van der Waals surface area contributed by atoms with Crippen LogP contribution in [0.1, 0.15) is 31.9 Å². The summed E-state index contributed by atoms with van der Waals surface area (Å²) in [5.41, 5.74) is 6.61. The molecule has 2 aromatic heterocycles. The van der Waals surface area contributed by atoms with Crippen LogP contribution in [0, 0.1) is 0 Å². The molecular formula is C14H19N5O2. The van der Waals surface area contributed by atoms with E-state index in [0.29, 0.717) is 18.9 Å². The van der Waals surface area contributed by atoms with Crippen LogP contribution in [0.25, 0.3) is 5.52 Å². The van der Waals surface area contributed by atoms with Crippen molar-refractivity contribution in [2.75, 3.05) is 18.0 Å². The lowest BCUT2D eigenvalue weighted by Crippen LogP contribution is -2.50. The molecule has 0 aromatic carbocycles. The van der Waals surface area contributed by atoms with Crippen LogP contribution < -0.4 is 10.6 Å². The van der Waals surface area contributed by atoms with Gasteiger partial charge < -0.3 is 15.7 Å². The molecule has 1 fully saturated rings. The molecule has 3 rings (SSSR count). The van der Waals surface area contributed by atoms with Crippen molar-refractivity contribution in [1.82, 2.24) is 14.6 Å². The minimum Gasteiger partial charge on any atom is -0.480 e. The first kappa shape index (κ1) is 13.8. The highest BCUT2D eigenvalue weighted by molar-refractivity contribution is 5.81. The lowest BCUT2D eigenvalue weighted by molar-refractivity contribution is -0.142. The van der Waals surface area contributed by atoms with Crippen LogP contribution in [0.5, 0.6) is 0 Å². The van der Waals surface area contributed by atoms with Gasteiger partial charge in [0, 0.05) is 25.5 Å². The molecule has 3 N–H and O–H groups in total. The van der Waals surface area contributed by atoms with Gasteiger partial charge in [-0.15, -0.1) is 0 Å². The van der Waals surface area contributed by atoms with E-state index >= 15 is 0 Å². The molecule has 1 aliphatic heterocycles. The van der Waals surface area contributed by atoms with Gasteiger partial charge in [0.1, 0.15) is 11.1 Å². The van der Waals surface area contributed by atoms with Gasteiger partial charge in [-0.2, -0.15) is 5.10 Å². The van der Waals surface area contributed by atoms with Gasteiger partial charge in [0.2, 0.25) is 0 Å². The molecule has 0 saturated carbocycles. The molecular weight excluding hydrogens is 270 g/mol. The van der Waals surface area contributed by atoms with Gasteiger partial charge in [-0.1, -0.05) is 13.8 Å². The summed E-state index contributed by atoms with van der Waals surface area (Å²) in [6.45, 7) is 5.01. The summed E-state index contributed by atoms with van der Waals surface area (Å²) in [4.78, 5) is 17.6. The first-order valence-corrected chi connectivity index (χ1v) is 7.02. The molecule has 3 heterocycles. The van der Waals surface area contributed by atoms with Crippen molar-refractivity contribution in [1.29, 1.82) is 0 Å². The lowest BCUT2D eigenvalue weighted by Gasteiger charge is -2.21. The Balaban J connectivity index is 2.00. The molecule has 1 saturated heterocycles. The largest absolute Gasteiger partial charge is 0.480 e. The Morgan fingerprint density at radius 2 is 2.29 bits per heavy atom. The third-order valence-electron chi connectivity index (χ3n) is 4.01. The summed E-state index contributed by atoms with van der Waals surface area (Å²) in [6, 6.07) is 2.00. The molecule has 0 radical (unpaired) electrons. The van der Waals surface area contributed by atoms with Gasteiger partial charge in [-0.05, 0) is 18.4 Å². The van der Waals surface area contributed by atoms with E-state index in [1.165, 1.54) is 0 Å². The van der Waals surface area contributed by atoms with Crippen LogP contribution in [-0.2, 0) is 4.79 Å². The number of anilines is 1. The second-order valence-electron chi connectivity index (χ2n) is 5.94. The van der Waals surface area contributed by atoms with Gasteiger partial charge in [0.05, 0.1) is 5.69 Å². The number of rotatable bonds is 3. The van der Waals surface area contributed by atoms with Crippen molar-refractivity contribution in [3.63, 3.8) is 0 Å². The topological polar surface area (TPSA) is 96.8 Å². The van der Waals surface area contributed by atoms with E-state index in [1.807, 2.05) is 11.0 Å². The quantitative estimate of drug-likeness (QED) is 0.869. The Labute approximate surface area is 122 Å². The van der Waals surface area contributed by atoms with E-state index in [-0.39, 0.29) is 6.54 Å². The molecule has 0 bridgehead atoms. The average molecular weight is 289 g/mol. The van der Waals surface area contributed by atoms with Crippen LogP contribution in [-0.4, -0.2) is 44.3 Å². The van der Waals surface area contributed by atoms with Gasteiger partial charge in [-0.3, -0.25) is 4.79 Å². The Kier molecular flexibility index (Phi) is 3.09. The molecule has 7 heteroatoms. The molecule has 1 atom stereocenters. The number of fused-ring (bicyclic) bond motifs is 1. The molecule has 1 aliphatic rings. The number of hydrogen-bond donors (Lipinski definition) is 2. The summed E-state index contributed by atoms with van der Waals surface area (Å²) >= 11 is 0. The maximum absolute atomic E-state index is 11.3. The standard InChI is InChI=1S/C14H19N5O2/c1-9(2)10-7-11-12(16-4-6-19(11)17-10)18-5-3-14(15,8-18)13(20)21/h4,6-7,9H,3,5,8,15H2,1-2H3,(H,20,21). The summed E-state index contributed by atoms with van der Waals surface area (Å²) < 4.78 is 1.79. The summed E-state index contributed by atoms with van der Waals surface area (Å²) in [7, 11) is 0. The summed E-state index contributed by atoms with van der Waals surface area (Å²) in [6.07, 6.45) is 3.89. The molecule has 1 unspecified atom stereocenters. The third kappa shape index (κ3) is 2.23. The number of carbonyl (C=O) groups is 1. The van der Waals surface area contributed by atoms with E-state index in [1.54, 1.807) is 16.9 Å². The highest BCUT2D eigenvalue weighted by atomic mass is 16.4. The molecule has 0 aliphatic carbocycles. The van der Waals surface area contributed by atoms with Crippen molar-refractivity contribution in [2.45, 2.75) is 31.7 Å². The zero-order chi connectivity index (χ0) is 15.2. The van der Waals surface area contributed by atoms with Crippen LogP contribution in [0.4, 0.5) is 5.82 Å².